The van der Waals surface area contributed by atoms with Gasteiger partial charge in [0.2, 0.25) is 0 Å². The maximum absolute atomic E-state index is 12.9. The van der Waals surface area contributed by atoms with Crippen molar-refractivity contribution in [2.45, 2.75) is 22.9 Å². The minimum absolute atomic E-state index is 0.146. The van der Waals surface area contributed by atoms with Gasteiger partial charge in [-0.3, -0.25) is 9.36 Å². The van der Waals surface area contributed by atoms with E-state index < -0.39 is 6.10 Å². The van der Waals surface area contributed by atoms with E-state index >= 15 is 0 Å². The molecule has 146 valence electrons. The first-order valence-corrected chi connectivity index (χ1v) is 9.67. The van der Waals surface area contributed by atoms with Crippen molar-refractivity contribution in [1.82, 2.24) is 9.55 Å². The van der Waals surface area contributed by atoms with E-state index in [0.717, 1.165) is 4.90 Å². The van der Waals surface area contributed by atoms with Crippen LogP contribution in [-0.4, -0.2) is 34.5 Å². The van der Waals surface area contributed by atoms with Crippen LogP contribution in [0.25, 0.3) is 5.69 Å². The third kappa shape index (κ3) is 4.86. The Morgan fingerprint density at radius 1 is 1.21 bits per heavy atom. The zero-order valence-corrected chi connectivity index (χ0v) is 16.9. The van der Waals surface area contributed by atoms with Crippen molar-refractivity contribution in [2.75, 3.05) is 13.7 Å². The SMILES string of the molecule is COc1cc(-n2ccnc(Sc3ccc(Cl)cc3)c2=O)ccc1OC[C@@H](C)O. The number of nitrogens with zero attached hydrogens (tertiary/aromatic N) is 2. The van der Waals surface area contributed by atoms with Gasteiger partial charge in [0.15, 0.2) is 16.5 Å². The summed E-state index contributed by atoms with van der Waals surface area (Å²) >= 11 is 7.17. The van der Waals surface area contributed by atoms with Gasteiger partial charge in [0.05, 0.1) is 18.9 Å². The van der Waals surface area contributed by atoms with Gasteiger partial charge in [-0.2, -0.15) is 0 Å². The molecular formula is C20H19ClN2O4S. The fraction of sp³-hybridized carbons (Fsp3) is 0.200. The van der Waals surface area contributed by atoms with Crippen molar-refractivity contribution in [3.8, 4) is 17.2 Å². The molecule has 3 rings (SSSR count). The minimum Gasteiger partial charge on any atom is -0.493 e. The average Bonchev–Trinajstić information content (AvgIpc) is 2.69. The zero-order valence-electron chi connectivity index (χ0n) is 15.3. The second-order valence-electron chi connectivity index (χ2n) is 5.96. The lowest BCUT2D eigenvalue weighted by Gasteiger charge is -2.14. The summed E-state index contributed by atoms with van der Waals surface area (Å²) in [5, 5.41) is 10.4. The molecule has 1 aromatic heterocycles. The summed E-state index contributed by atoms with van der Waals surface area (Å²) in [5.41, 5.74) is 0.369. The predicted octanol–water partition coefficient (Wildman–Crippen LogP) is 3.81. The average molecular weight is 419 g/mol. The topological polar surface area (TPSA) is 73.6 Å². The zero-order chi connectivity index (χ0) is 20.1. The van der Waals surface area contributed by atoms with Gasteiger partial charge in [-0.25, -0.2) is 4.98 Å². The Hall–Kier alpha value is -2.48. The fourth-order valence-electron chi connectivity index (χ4n) is 2.42. The van der Waals surface area contributed by atoms with Gasteiger partial charge in [0, 0.05) is 28.4 Å². The Kier molecular flexibility index (Phi) is 6.61. The van der Waals surface area contributed by atoms with Gasteiger partial charge >= 0.3 is 0 Å². The highest BCUT2D eigenvalue weighted by molar-refractivity contribution is 7.99. The predicted molar refractivity (Wildman–Crippen MR) is 109 cm³/mol. The molecule has 1 atom stereocenters. The summed E-state index contributed by atoms with van der Waals surface area (Å²) in [6.07, 6.45) is 2.57. The van der Waals surface area contributed by atoms with Crippen molar-refractivity contribution in [1.29, 1.82) is 0 Å². The Morgan fingerprint density at radius 2 is 1.96 bits per heavy atom. The number of rotatable bonds is 7. The number of hydrogen-bond donors (Lipinski definition) is 1. The second-order valence-corrected chi connectivity index (χ2v) is 7.46. The van der Waals surface area contributed by atoms with Crippen LogP contribution in [0.4, 0.5) is 0 Å². The van der Waals surface area contributed by atoms with Crippen molar-refractivity contribution < 1.29 is 14.6 Å². The van der Waals surface area contributed by atoms with Crippen molar-refractivity contribution in [3.05, 3.63) is 70.2 Å². The van der Waals surface area contributed by atoms with E-state index in [1.807, 2.05) is 12.1 Å². The van der Waals surface area contributed by atoms with E-state index in [0.29, 0.717) is 27.2 Å². The van der Waals surface area contributed by atoms with Crippen LogP contribution in [0, 0.1) is 0 Å². The lowest BCUT2D eigenvalue weighted by atomic mass is 10.2. The highest BCUT2D eigenvalue weighted by atomic mass is 35.5. The van der Waals surface area contributed by atoms with E-state index in [4.69, 9.17) is 21.1 Å². The molecule has 0 amide bonds. The molecule has 1 heterocycles. The van der Waals surface area contributed by atoms with Crippen LogP contribution in [0.3, 0.4) is 0 Å². The van der Waals surface area contributed by atoms with Crippen LogP contribution < -0.4 is 15.0 Å². The molecular weight excluding hydrogens is 400 g/mol. The first kappa shape index (κ1) is 20.3. The molecule has 1 N–H and O–H groups in total. The molecule has 2 aromatic carbocycles. The molecule has 8 heteroatoms. The Bertz CT molecular complexity index is 1010. The first-order chi connectivity index (χ1) is 13.5. The van der Waals surface area contributed by atoms with E-state index in [1.54, 1.807) is 49.6 Å². The summed E-state index contributed by atoms with van der Waals surface area (Å²) in [5.74, 6) is 0.957. The van der Waals surface area contributed by atoms with Gasteiger partial charge in [0.25, 0.3) is 5.56 Å². The number of aromatic nitrogens is 2. The first-order valence-electron chi connectivity index (χ1n) is 8.48. The summed E-state index contributed by atoms with van der Waals surface area (Å²) in [7, 11) is 1.52. The number of benzene rings is 2. The summed E-state index contributed by atoms with van der Waals surface area (Å²) in [6.45, 7) is 1.78. The Morgan fingerprint density at radius 3 is 2.64 bits per heavy atom. The molecule has 6 nitrogen and oxygen atoms in total. The number of hydrogen-bond acceptors (Lipinski definition) is 6. The second kappa shape index (κ2) is 9.14. The van der Waals surface area contributed by atoms with Crippen LogP contribution in [0.15, 0.2) is 69.6 Å². The number of ether oxygens (including phenoxy) is 2. The van der Waals surface area contributed by atoms with E-state index in [-0.39, 0.29) is 12.2 Å². The number of aliphatic hydroxyl groups excluding tert-OH is 1. The van der Waals surface area contributed by atoms with Crippen LogP contribution >= 0.6 is 23.4 Å². The summed E-state index contributed by atoms with van der Waals surface area (Å²) in [4.78, 5) is 18.0. The molecule has 0 fully saturated rings. The van der Waals surface area contributed by atoms with Crippen molar-refractivity contribution >= 4 is 23.4 Å². The van der Waals surface area contributed by atoms with Gasteiger partial charge in [-0.1, -0.05) is 23.4 Å². The third-order valence-corrected chi connectivity index (χ3v) is 4.98. The lowest BCUT2D eigenvalue weighted by Crippen LogP contribution is -2.20. The number of methoxy groups -OCH3 is 1. The monoisotopic (exact) mass is 418 g/mol. The highest BCUT2D eigenvalue weighted by Gasteiger charge is 2.12. The standard InChI is InChI=1S/C20H19ClN2O4S/c1-13(24)12-27-17-8-5-15(11-18(17)26-2)23-10-9-22-19(20(23)25)28-16-6-3-14(21)4-7-16/h3-11,13,24H,12H2,1-2H3/t13-/m1/s1. The van der Waals surface area contributed by atoms with Gasteiger partial charge < -0.3 is 14.6 Å². The van der Waals surface area contributed by atoms with E-state index in [1.165, 1.54) is 23.4 Å². The number of halogens is 1. The molecule has 0 spiro atoms. The Labute approximate surface area is 171 Å². The molecule has 0 saturated carbocycles. The Balaban J connectivity index is 1.91. The molecule has 28 heavy (non-hydrogen) atoms. The lowest BCUT2D eigenvalue weighted by molar-refractivity contribution is 0.120. The molecule has 0 unspecified atom stereocenters. The highest BCUT2D eigenvalue weighted by Crippen LogP contribution is 2.30. The van der Waals surface area contributed by atoms with Crippen molar-refractivity contribution in [2.24, 2.45) is 0 Å². The molecule has 0 aliphatic rings. The maximum Gasteiger partial charge on any atom is 0.287 e. The molecule has 0 saturated heterocycles. The number of aliphatic hydroxyl groups is 1. The molecule has 3 aromatic rings. The van der Waals surface area contributed by atoms with Gasteiger partial charge in [-0.05, 0) is 43.3 Å². The minimum atomic E-state index is -0.598. The summed E-state index contributed by atoms with van der Waals surface area (Å²) < 4.78 is 12.4. The quantitative estimate of drug-likeness (QED) is 0.629. The maximum atomic E-state index is 12.9. The fourth-order valence-corrected chi connectivity index (χ4v) is 3.34. The van der Waals surface area contributed by atoms with Gasteiger partial charge in [0.1, 0.15) is 6.61 Å². The smallest absolute Gasteiger partial charge is 0.287 e. The van der Waals surface area contributed by atoms with Crippen LogP contribution in [-0.2, 0) is 0 Å². The van der Waals surface area contributed by atoms with Crippen LogP contribution in [0.5, 0.6) is 11.5 Å². The molecule has 0 aliphatic heterocycles. The normalized spacial score (nSPS) is 11.9. The molecule has 0 bridgehead atoms. The van der Waals surface area contributed by atoms with E-state index in [9.17, 15) is 9.90 Å². The van der Waals surface area contributed by atoms with Crippen LogP contribution in [0.1, 0.15) is 6.92 Å². The summed E-state index contributed by atoms with van der Waals surface area (Å²) in [6, 6.07) is 12.4. The largest absolute Gasteiger partial charge is 0.493 e. The van der Waals surface area contributed by atoms with Crippen LogP contribution in [0.2, 0.25) is 5.02 Å². The van der Waals surface area contributed by atoms with Crippen molar-refractivity contribution in [3.63, 3.8) is 0 Å². The molecule has 0 radical (unpaired) electrons. The third-order valence-electron chi connectivity index (χ3n) is 3.74. The van der Waals surface area contributed by atoms with Gasteiger partial charge in [-0.15, -0.1) is 0 Å². The van der Waals surface area contributed by atoms with E-state index in [2.05, 4.69) is 4.98 Å². The molecule has 0 aliphatic carbocycles.